The van der Waals surface area contributed by atoms with Crippen LogP contribution in [0.5, 0.6) is 0 Å². The van der Waals surface area contributed by atoms with Gasteiger partial charge in [0.1, 0.15) is 6.61 Å². The lowest BCUT2D eigenvalue weighted by atomic mass is 10.4. The fourth-order valence-corrected chi connectivity index (χ4v) is 0.395. The van der Waals surface area contributed by atoms with Crippen LogP contribution in [0.25, 0.3) is 0 Å². The maximum Gasteiger partial charge on any atom is 0.108 e. The van der Waals surface area contributed by atoms with Crippen LogP contribution in [-0.2, 0) is 4.74 Å². The van der Waals surface area contributed by atoms with Crippen molar-refractivity contribution in [2.75, 3.05) is 6.61 Å². The number of ether oxygens (including phenoxy) is 1. The highest BCUT2D eigenvalue weighted by molar-refractivity contribution is 8.93. The van der Waals surface area contributed by atoms with Gasteiger partial charge in [0.05, 0.1) is 6.26 Å². The first-order chi connectivity index (χ1) is 3.39. The molecule has 8 heavy (non-hydrogen) atoms. The van der Waals surface area contributed by atoms with Gasteiger partial charge in [0.25, 0.3) is 0 Å². The predicted octanol–water partition coefficient (Wildman–Crippen LogP) is 0.951. The van der Waals surface area contributed by atoms with Crippen LogP contribution >= 0.6 is 17.0 Å². The minimum atomic E-state index is 0. The normalized spacial score (nSPS) is 15.8. The van der Waals surface area contributed by atoms with E-state index < -0.39 is 0 Å². The van der Waals surface area contributed by atoms with Crippen molar-refractivity contribution in [2.24, 2.45) is 5.73 Å². The van der Waals surface area contributed by atoms with E-state index in [0.29, 0.717) is 6.61 Å². The van der Waals surface area contributed by atoms with E-state index in [4.69, 9.17) is 10.5 Å². The van der Waals surface area contributed by atoms with Crippen LogP contribution in [0.1, 0.15) is 0 Å². The van der Waals surface area contributed by atoms with E-state index in [-0.39, 0.29) is 17.0 Å². The van der Waals surface area contributed by atoms with Crippen LogP contribution in [0.3, 0.4) is 0 Å². The molecule has 46 valence electrons. The van der Waals surface area contributed by atoms with Crippen molar-refractivity contribution >= 4 is 17.0 Å². The minimum Gasteiger partial charge on any atom is -0.497 e. The highest BCUT2D eigenvalue weighted by Crippen LogP contribution is 1.94. The van der Waals surface area contributed by atoms with Crippen LogP contribution in [0.4, 0.5) is 0 Å². The molecular weight excluding hydrogens is 170 g/mol. The topological polar surface area (TPSA) is 35.2 Å². The second-order valence-corrected chi connectivity index (χ2v) is 1.34. The van der Waals surface area contributed by atoms with Crippen molar-refractivity contribution in [3.8, 4) is 0 Å². The van der Waals surface area contributed by atoms with Gasteiger partial charge in [-0.2, -0.15) is 0 Å². The summed E-state index contributed by atoms with van der Waals surface area (Å²) in [5.41, 5.74) is 6.11. The Morgan fingerprint density at radius 2 is 2.38 bits per heavy atom. The predicted molar refractivity (Wildman–Crippen MR) is 37.7 cm³/mol. The van der Waals surface area contributed by atoms with Crippen LogP contribution in [-0.4, -0.2) is 6.61 Å². The van der Waals surface area contributed by atoms with Crippen LogP contribution in [0, 0.1) is 0 Å². The second kappa shape index (κ2) is 3.55. The van der Waals surface area contributed by atoms with E-state index in [1.165, 1.54) is 0 Å². The zero-order valence-corrected chi connectivity index (χ0v) is 6.05. The number of hydrogen-bond acceptors (Lipinski definition) is 2. The molecule has 0 spiro atoms. The molecule has 0 unspecified atom stereocenters. The van der Waals surface area contributed by atoms with E-state index in [1.807, 2.05) is 6.08 Å². The molecule has 0 aromatic rings. The summed E-state index contributed by atoms with van der Waals surface area (Å²) in [5, 5.41) is 0. The molecule has 0 saturated heterocycles. The van der Waals surface area contributed by atoms with Gasteiger partial charge in [-0.3, -0.25) is 0 Å². The molecule has 0 aromatic carbocycles. The minimum absolute atomic E-state index is 0. The van der Waals surface area contributed by atoms with Gasteiger partial charge >= 0.3 is 0 Å². The van der Waals surface area contributed by atoms with Crippen LogP contribution in [0.2, 0.25) is 0 Å². The summed E-state index contributed by atoms with van der Waals surface area (Å²) in [5.74, 6) is 0. The van der Waals surface area contributed by atoms with Crippen LogP contribution < -0.4 is 5.73 Å². The molecule has 0 aliphatic carbocycles. The molecule has 1 aliphatic rings. The average Bonchev–Trinajstić information content (AvgIpc) is 1.69. The summed E-state index contributed by atoms with van der Waals surface area (Å²) >= 11 is 0. The van der Waals surface area contributed by atoms with Gasteiger partial charge in [-0.25, -0.2) is 0 Å². The highest BCUT2D eigenvalue weighted by Gasteiger charge is 1.86. The molecule has 0 saturated carbocycles. The van der Waals surface area contributed by atoms with Gasteiger partial charge in [0.2, 0.25) is 0 Å². The molecule has 3 heteroatoms. The molecule has 2 N–H and O–H groups in total. The van der Waals surface area contributed by atoms with Gasteiger partial charge in [0, 0.05) is 5.70 Å². The lowest BCUT2D eigenvalue weighted by Crippen LogP contribution is -1.99. The van der Waals surface area contributed by atoms with Crippen molar-refractivity contribution < 1.29 is 4.74 Å². The molecule has 0 atom stereocenters. The Morgan fingerprint density at radius 3 is 2.62 bits per heavy atom. The van der Waals surface area contributed by atoms with Crippen molar-refractivity contribution in [2.45, 2.75) is 0 Å². The third-order valence-electron chi connectivity index (χ3n) is 0.772. The summed E-state index contributed by atoms with van der Waals surface area (Å²) in [6.07, 6.45) is 5.14. The highest BCUT2D eigenvalue weighted by atomic mass is 79.9. The van der Waals surface area contributed by atoms with E-state index in [1.54, 1.807) is 12.3 Å². The third kappa shape index (κ3) is 2.02. The van der Waals surface area contributed by atoms with E-state index in [0.717, 1.165) is 5.70 Å². The van der Waals surface area contributed by atoms with Crippen molar-refractivity contribution in [1.82, 2.24) is 0 Å². The molecule has 1 aliphatic heterocycles. The van der Waals surface area contributed by atoms with E-state index in [2.05, 4.69) is 0 Å². The van der Waals surface area contributed by atoms with E-state index in [9.17, 15) is 0 Å². The van der Waals surface area contributed by atoms with Crippen molar-refractivity contribution in [3.63, 3.8) is 0 Å². The molecule has 0 bridgehead atoms. The Bertz CT molecular complexity index is 120. The Labute approximate surface area is 58.8 Å². The van der Waals surface area contributed by atoms with Gasteiger partial charge in [-0.05, 0) is 12.2 Å². The van der Waals surface area contributed by atoms with Crippen molar-refractivity contribution in [1.29, 1.82) is 0 Å². The Balaban J connectivity index is 0.000000490. The zero-order chi connectivity index (χ0) is 5.11. The first kappa shape index (κ1) is 7.56. The Hall–Kier alpha value is -0.440. The Kier molecular flexibility index (Phi) is 3.35. The average molecular weight is 178 g/mol. The fourth-order valence-electron chi connectivity index (χ4n) is 0.395. The number of hydrogen-bond donors (Lipinski definition) is 1. The van der Waals surface area contributed by atoms with Crippen molar-refractivity contribution in [3.05, 3.63) is 24.1 Å². The summed E-state index contributed by atoms with van der Waals surface area (Å²) in [6.45, 7) is 0.613. The van der Waals surface area contributed by atoms with Gasteiger partial charge in [0.15, 0.2) is 0 Å². The lowest BCUT2D eigenvalue weighted by molar-refractivity contribution is 0.284. The maximum absolute atomic E-state index is 5.33. The second-order valence-electron chi connectivity index (χ2n) is 1.34. The molecule has 0 radical (unpaired) electrons. The maximum atomic E-state index is 5.33. The summed E-state index contributed by atoms with van der Waals surface area (Å²) in [4.78, 5) is 0. The summed E-state index contributed by atoms with van der Waals surface area (Å²) in [7, 11) is 0. The van der Waals surface area contributed by atoms with Gasteiger partial charge in [-0.15, -0.1) is 17.0 Å². The van der Waals surface area contributed by atoms with Gasteiger partial charge in [-0.1, -0.05) is 0 Å². The third-order valence-corrected chi connectivity index (χ3v) is 0.772. The quantitative estimate of drug-likeness (QED) is 0.599. The number of halogens is 1. The SMILES string of the molecule is Br.NC1=CCOC=C1. The molecular formula is C5H8BrNO. The standard InChI is InChI=1S/C5H7NO.BrH/c6-5-1-3-7-4-2-5;/h1-3H,4,6H2;1H. The molecule has 0 fully saturated rings. The Morgan fingerprint density at radius 1 is 1.62 bits per heavy atom. The number of nitrogens with two attached hydrogens (primary N) is 1. The summed E-state index contributed by atoms with van der Waals surface area (Å²) < 4.78 is 4.80. The number of allylic oxidation sites excluding steroid dienone is 1. The first-order valence-corrected chi connectivity index (χ1v) is 2.13. The van der Waals surface area contributed by atoms with Crippen LogP contribution in [0.15, 0.2) is 24.1 Å². The first-order valence-electron chi connectivity index (χ1n) is 2.13. The molecule has 2 nitrogen and oxygen atoms in total. The molecule has 0 amide bonds. The number of rotatable bonds is 0. The zero-order valence-electron chi connectivity index (χ0n) is 4.33. The van der Waals surface area contributed by atoms with E-state index >= 15 is 0 Å². The summed E-state index contributed by atoms with van der Waals surface area (Å²) in [6, 6.07) is 0. The largest absolute Gasteiger partial charge is 0.497 e. The fraction of sp³-hybridized carbons (Fsp3) is 0.200. The molecule has 1 rings (SSSR count). The monoisotopic (exact) mass is 177 g/mol. The van der Waals surface area contributed by atoms with Gasteiger partial charge < -0.3 is 10.5 Å². The molecule has 0 aromatic heterocycles. The molecule has 1 heterocycles. The smallest absolute Gasteiger partial charge is 0.108 e. The lowest BCUT2D eigenvalue weighted by Gasteiger charge is -2.00.